The molecule has 4 atom stereocenters. The second-order valence-corrected chi connectivity index (χ2v) is 11.5. The Morgan fingerprint density at radius 3 is 2.50 bits per heavy atom. The topological polar surface area (TPSA) is 84.9 Å². The average molecular weight is 549 g/mol. The number of amides is 1. The molecular weight excluding hydrogens is 519 g/mol. The average Bonchev–Trinajstić information content (AvgIpc) is 3.42. The molecule has 0 bridgehead atoms. The van der Waals surface area contributed by atoms with E-state index >= 15 is 0 Å². The number of hydrogen-bond donors (Lipinski definition) is 1. The summed E-state index contributed by atoms with van der Waals surface area (Å²) in [5.74, 6) is 0.279. The maximum atomic E-state index is 12.9. The Hall–Kier alpha value is -1.88. The summed E-state index contributed by atoms with van der Waals surface area (Å²) in [7, 11) is -0.683. The predicted molar refractivity (Wildman–Crippen MR) is 135 cm³/mol. The Morgan fingerprint density at radius 1 is 1.15 bits per heavy atom. The van der Waals surface area contributed by atoms with Crippen molar-refractivity contribution >= 4 is 39.0 Å². The van der Waals surface area contributed by atoms with Crippen molar-refractivity contribution in [3.8, 4) is 0 Å². The molecule has 1 amide bonds. The highest BCUT2D eigenvalue weighted by atomic mass is 79.9. The molecule has 1 aliphatic carbocycles. The molecule has 2 aromatic carbocycles. The number of nitrogens with zero attached hydrogens (tertiary/aromatic N) is 1. The van der Waals surface area contributed by atoms with Crippen molar-refractivity contribution in [2.24, 2.45) is 5.92 Å². The monoisotopic (exact) mass is 548 g/mol. The molecule has 0 radical (unpaired) electrons. The van der Waals surface area contributed by atoms with Gasteiger partial charge in [-0.2, -0.15) is 8.42 Å². The quantitative estimate of drug-likeness (QED) is 0.394. The van der Waals surface area contributed by atoms with Crippen LogP contribution in [0.25, 0.3) is 0 Å². The van der Waals surface area contributed by atoms with Gasteiger partial charge in [-0.1, -0.05) is 58.2 Å². The van der Waals surface area contributed by atoms with Gasteiger partial charge in [0.1, 0.15) is 0 Å². The number of carbonyl (C=O) groups is 1. The summed E-state index contributed by atoms with van der Waals surface area (Å²) in [5, 5.41) is 3.46. The second kappa shape index (κ2) is 10.8. The smallest absolute Gasteiger partial charge is 0.410 e. The van der Waals surface area contributed by atoms with Gasteiger partial charge in [-0.15, -0.1) is 0 Å². The van der Waals surface area contributed by atoms with E-state index in [-0.39, 0.29) is 36.1 Å². The Morgan fingerprint density at radius 2 is 1.85 bits per heavy atom. The molecule has 4 unspecified atom stereocenters. The van der Waals surface area contributed by atoms with Crippen LogP contribution in [0.3, 0.4) is 0 Å². The van der Waals surface area contributed by atoms with E-state index in [0.29, 0.717) is 0 Å². The molecule has 34 heavy (non-hydrogen) atoms. The lowest BCUT2D eigenvalue weighted by molar-refractivity contribution is 0.0880. The third-order valence-corrected chi connectivity index (χ3v) is 9.02. The van der Waals surface area contributed by atoms with E-state index in [1.165, 1.54) is 24.8 Å². The Bertz CT molecular complexity index is 1090. The third kappa shape index (κ3) is 5.20. The first-order valence-corrected chi connectivity index (χ1v) is 13.8. The zero-order valence-electron chi connectivity index (χ0n) is 19.4. The Balaban J connectivity index is 1.63. The normalized spacial score (nSPS) is 24.1. The van der Waals surface area contributed by atoms with Crippen LogP contribution in [-0.2, 0) is 25.4 Å². The molecular formula is C24H30BBrN2O5S. The van der Waals surface area contributed by atoms with E-state index in [0.717, 1.165) is 30.1 Å². The van der Waals surface area contributed by atoms with Gasteiger partial charge in [0.15, 0.2) is 0 Å². The van der Waals surface area contributed by atoms with Crippen LogP contribution in [-0.4, -0.2) is 59.1 Å². The van der Waals surface area contributed by atoms with Crippen molar-refractivity contribution in [2.45, 2.75) is 48.4 Å². The first-order chi connectivity index (χ1) is 16.4. The molecule has 1 heterocycles. The van der Waals surface area contributed by atoms with E-state index in [2.05, 4.69) is 33.3 Å². The molecule has 10 heteroatoms. The minimum absolute atomic E-state index is 0.0214. The third-order valence-electron chi connectivity index (χ3n) is 7.20. The molecule has 7 nitrogen and oxygen atoms in total. The van der Waals surface area contributed by atoms with Crippen LogP contribution < -0.4 is 5.23 Å². The fraction of sp³-hybridized carbons (Fsp3) is 0.458. The maximum absolute atomic E-state index is 12.9. The number of hydrogen-bond acceptors (Lipinski definition) is 6. The van der Waals surface area contributed by atoms with Gasteiger partial charge in [-0.05, 0) is 62.2 Å². The van der Waals surface area contributed by atoms with Gasteiger partial charge >= 0.3 is 6.09 Å². The summed E-state index contributed by atoms with van der Waals surface area (Å²) in [6.07, 6.45) is 3.26. The maximum Gasteiger partial charge on any atom is 0.410 e. The van der Waals surface area contributed by atoms with Crippen molar-refractivity contribution in [1.29, 1.82) is 0 Å². The number of fused-ring (bicyclic) bond motifs is 1. The highest BCUT2D eigenvalue weighted by Gasteiger charge is 2.56. The molecule has 0 spiro atoms. The van der Waals surface area contributed by atoms with Gasteiger partial charge in [0.25, 0.3) is 10.1 Å². The zero-order chi connectivity index (χ0) is 24.3. The summed E-state index contributed by atoms with van der Waals surface area (Å²) in [6, 6.07) is 16.1. The van der Waals surface area contributed by atoms with Crippen LogP contribution in [0, 0.1) is 5.92 Å². The minimum atomic E-state index is -3.98. The minimum Gasteiger partial charge on any atom is -0.453 e. The largest absolute Gasteiger partial charge is 0.453 e. The first-order valence-electron chi connectivity index (χ1n) is 11.6. The highest BCUT2D eigenvalue weighted by molar-refractivity contribution is 9.10. The van der Waals surface area contributed by atoms with E-state index in [1.54, 1.807) is 17.0 Å². The number of benzene rings is 2. The Kier molecular flexibility index (Phi) is 8.02. The van der Waals surface area contributed by atoms with E-state index in [9.17, 15) is 13.2 Å². The molecule has 1 saturated carbocycles. The molecule has 0 aromatic heterocycles. The number of nitrogens with one attached hydrogen (secondary N) is 1. The van der Waals surface area contributed by atoms with Gasteiger partial charge in [0.2, 0.25) is 6.85 Å². The predicted octanol–water partition coefficient (Wildman–Crippen LogP) is 4.14. The molecule has 2 aromatic rings. The number of likely N-dealkylation sites (tertiary alicyclic amines) is 1. The summed E-state index contributed by atoms with van der Waals surface area (Å²) < 4.78 is 37.4. The lowest BCUT2D eigenvalue weighted by Crippen LogP contribution is -2.49. The number of carbonyl (C=O) groups excluding carboxylic acids is 1. The summed E-state index contributed by atoms with van der Waals surface area (Å²) in [4.78, 5) is 14.7. The second-order valence-electron chi connectivity index (χ2n) is 8.96. The van der Waals surface area contributed by atoms with Gasteiger partial charge in [0.05, 0.1) is 24.7 Å². The summed E-state index contributed by atoms with van der Waals surface area (Å²) in [5.41, 5.74) is 1.19. The number of halogens is 1. The van der Waals surface area contributed by atoms with Crippen LogP contribution in [0.4, 0.5) is 4.79 Å². The lowest BCUT2D eigenvalue weighted by atomic mass is 9.43. The molecule has 182 valence electrons. The Labute approximate surface area is 210 Å². The first kappa shape index (κ1) is 25.2. The lowest BCUT2D eigenvalue weighted by Gasteiger charge is -2.32. The standard InChI is InChI=1S/C24H30BBrN2O5S/c1-27-25(15-17-7-4-3-5-8-17)23-20-9-6-10-21(20)28(24(29)32-2)22(23)16-33-34(30,31)19-13-11-18(26)12-14-19/h3-5,7-8,11-14,20-23,27H,6,9-10,15-16H2,1-2H3. The van der Waals surface area contributed by atoms with Gasteiger partial charge < -0.3 is 9.96 Å². The van der Waals surface area contributed by atoms with Crippen LogP contribution >= 0.6 is 15.9 Å². The van der Waals surface area contributed by atoms with Gasteiger partial charge in [-0.3, -0.25) is 9.08 Å². The van der Waals surface area contributed by atoms with Crippen molar-refractivity contribution in [1.82, 2.24) is 10.1 Å². The van der Waals surface area contributed by atoms with Crippen LogP contribution in [0.5, 0.6) is 0 Å². The van der Waals surface area contributed by atoms with Crippen LogP contribution in [0.1, 0.15) is 24.8 Å². The molecule has 1 N–H and O–H groups in total. The van der Waals surface area contributed by atoms with Crippen LogP contribution in [0.15, 0.2) is 64.0 Å². The van der Waals surface area contributed by atoms with Gasteiger partial charge in [0, 0.05) is 10.5 Å². The number of ether oxygens (including phenoxy) is 1. The molecule has 1 saturated heterocycles. The summed E-state index contributed by atoms with van der Waals surface area (Å²) in [6.45, 7) is -0.0651. The SMILES string of the molecule is CNB(Cc1ccccc1)C1C2CCCC2N(C(=O)OC)C1COS(=O)(=O)c1ccc(Br)cc1. The summed E-state index contributed by atoms with van der Waals surface area (Å²) >= 11 is 3.32. The van der Waals surface area contributed by atoms with E-state index in [1.807, 2.05) is 25.2 Å². The fourth-order valence-electron chi connectivity index (χ4n) is 5.74. The van der Waals surface area contributed by atoms with Crippen molar-refractivity contribution in [3.63, 3.8) is 0 Å². The van der Waals surface area contributed by atoms with E-state index in [4.69, 9.17) is 8.92 Å². The van der Waals surface area contributed by atoms with Crippen molar-refractivity contribution in [2.75, 3.05) is 20.8 Å². The molecule has 2 aliphatic rings. The molecule has 2 fully saturated rings. The molecule has 1 aliphatic heterocycles. The zero-order valence-corrected chi connectivity index (χ0v) is 21.8. The number of methoxy groups -OCH3 is 1. The number of rotatable bonds is 8. The van der Waals surface area contributed by atoms with Crippen molar-refractivity contribution < 1.29 is 22.1 Å². The van der Waals surface area contributed by atoms with Gasteiger partial charge in [-0.25, -0.2) is 4.79 Å². The highest BCUT2D eigenvalue weighted by Crippen LogP contribution is 2.50. The van der Waals surface area contributed by atoms with Crippen molar-refractivity contribution in [3.05, 3.63) is 64.6 Å². The fourth-order valence-corrected chi connectivity index (χ4v) is 6.93. The van der Waals surface area contributed by atoms with E-state index < -0.39 is 22.3 Å². The van der Waals surface area contributed by atoms with Crippen LogP contribution in [0.2, 0.25) is 5.82 Å². The molecule has 4 rings (SSSR count).